The molecule has 2 heterocycles. The molecule has 0 spiro atoms. The van der Waals surface area contributed by atoms with E-state index in [4.69, 9.17) is 25.8 Å². The van der Waals surface area contributed by atoms with Crippen LogP contribution in [0.4, 0.5) is 4.39 Å². The Morgan fingerprint density at radius 3 is 2.66 bits per heavy atom. The van der Waals surface area contributed by atoms with E-state index in [2.05, 4.69) is 16.5 Å². The van der Waals surface area contributed by atoms with Crippen LogP contribution in [0.5, 0.6) is 5.88 Å². The van der Waals surface area contributed by atoms with E-state index in [1.165, 1.54) is 36.6 Å². The highest BCUT2D eigenvalue weighted by atomic mass is 35.5. The first-order valence-corrected chi connectivity index (χ1v) is 15.8. The van der Waals surface area contributed by atoms with Gasteiger partial charge in [-0.15, -0.1) is 6.58 Å². The van der Waals surface area contributed by atoms with Crippen LogP contribution in [0.2, 0.25) is 5.15 Å². The molecule has 0 unspecified atom stereocenters. The van der Waals surface area contributed by atoms with Crippen molar-refractivity contribution in [3.05, 3.63) is 41.8 Å². The molecule has 1 aliphatic heterocycles. The summed E-state index contributed by atoms with van der Waals surface area (Å²) < 4.78 is 30.9. The average Bonchev–Trinajstić information content (AvgIpc) is 3.46. The number of methoxy groups -OCH3 is 1. The molecule has 1 amide bonds. The van der Waals surface area contributed by atoms with Gasteiger partial charge in [0.15, 0.2) is 5.15 Å². The Bertz CT molecular complexity index is 1430. The minimum atomic E-state index is -0.931. The van der Waals surface area contributed by atoms with E-state index in [0.29, 0.717) is 23.3 Å². The lowest BCUT2D eigenvalue weighted by Crippen LogP contribution is -2.48. The molecule has 3 fully saturated rings. The summed E-state index contributed by atoms with van der Waals surface area (Å²) in [6, 6.07) is 3.01. The fourth-order valence-electron chi connectivity index (χ4n) is 6.90. The number of likely N-dealkylation sites (tertiary alicyclic amines) is 1. The third-order valence-corrected chi connectivity index (χ3v) is 9.58. The first-order valence-electron chi connectivity index (χ1n) is 15.4. The van der Waals surface area contributed by atoms with Crippen LogP contribution in [0.1, 0.15) is 65.7 Å². The van der Waals surface area contributed by atoms with Crippen molar-refractivity contribution in [1.82, 2.24) is 14.9 Å². The van der Waals surface area contributed by atoms with E-state index in [9.17, 15) is 18.8 Å². The summed E-state index contributed by atoms with van der Waals surface area (Å²) in [4.78, 5) is 50.3. The summed E-state index contributed by atoms with van der Waals surface area (Å²) in [5.41, 5.74) is 0.0550. The van der Waals surface area contributed by atoms with Crippen molar-refractivity contribution in [3.8, 4) is 5.88 Å². The molecule has 0 radical (unpaired) electrons. The molecule has 2 aliphatic carbocycles. The van der Waals surface area contributed by atoms with Gasteiger partial charge in [0, 0.05) is 12.5 Å². The molecule has 238 valence electrons. The van der Waals surface area contributed by atoms with Crippen molar-refractivity contribution in [3.63, 3.8) is 0 Å². The quantitative estimate of drug-likeness (QED) is 0.171. The number of halogens is 2. The fraction of sp³-hybridized carbons (Fsp3) is 0.606. The lowest BCUT2D eigenvalue weighted by Gasteiger charge is -2.34. The summed E-state index contributed by atoms with van der Waals surface area (Å²) in [5, 5.41) is -0.0221. The van der Waals surface area contributed by atoms with Gasteiger partial charge >= 0.3 is 11.9 Å². The second-order valence-corrected chi connectivity index (χ2v) is 13.7. The van der Waals surface area contributed by atoms with E-state index in [1.807, 2.05) is 26.8 Å². The maximum atomic E-state index is 14.1. The molecule has 44 heavy (non-hydrogen) atoms. The van der Waals surface area contributed by atoms with E-state index in [0.717, 1.165) is 25.7 Å². The number of hydrogen-bond acceptors (Lipinski definition) is 8. The monoisotopic (exact) mass is 629 g/mol. The number of fused-ring (bicyclic) bond motifs is 2. The molecule has 5 rings (SSSR count). The van der Waals surface area contributed by atoms with Gasteiger partial charge in [-0.3, -0.25) is 9.59 Å². The lowest BCUT2D eigenvalue weighted by atomic mass is 9.77. The Morgan fingerprint density at radius 2 is 1.95 bits per heavy atom. The van der Waals surface area contributed by atoms with Crippen LogP contribution in [0.15, 0.2) is 30.9 Å². The predicted octanol–water partition coefficient (Wildman–Crippen LogP) is 5.92. The summed E-state index contributed by atoms with van der Waals surface area (Å²) in [7, 11) is 1.26. The van der Waals surface area contributed by atoms with E-state index in [-0.39, 0.29) is 47.9 Å². The molecule has 3 aliphatic rings. The van der Waals surface area contributed by atoms with Crippen molar-refractivity contribution in [1.29, 1.82) is 0 Å². The second-order valence-electron chi connectivity index (χ2n) is 13.4. The molecule has 9 nitrogen and oxygen atoms in total. The van der Waals surface area contributed by atoms with Crippen molar-refractivity contribution in [2.45, 2.75) is 84.0 Å². The van der Waals surface area contributed by atoms with Gasteiger partial charge in [-0.2, -0.15) is 0 Å². The highest BCUT2D eigenvalue weighted by Gasteiger charge is 2.54. The van der Waals surface area contributed by atoms with Crippen molar-refractivity contribution < 1.29 is 33.0 Å². The maximum absolute atomic E-state index is 14.1. The van der Waals surface area contributed by atoms with Crippen molar-refractivity contribution in [2.75, 3.05) is 13.7 Å². The molecule has 1 saturated heterocycles. The normalized spacial score (nSPS) is 26.6. The summed E-state index contributed by atoms with van der Waals surface area (Å²) >= 11 is 6.32. The number of hydrogen-bond donors (Lipinski definition) is 0. The van der Waals surface area contributed by atoms with Gasteiger partial charge in [0.1, 0.15) is 24.1 Å². The summed E-state index contributed by atoms with van der Waals surface area (Å²) in [6.45, 7) is 9.53. The van der Waals surface area contributed by atoms with Crippen LogP contribution in [0.25, 0.3) is 11.0 Å². The van der Waals surface area contributed by atoms with Gasteiger partial charge in [-0.05, 0) is 67.4 Å². The number of allylic oxidation sites excluding steroid dienone is 1. The standard InChI is InChI=1S/C33H41ClFN3O6/c1-6-7-8-9-21-22-12-18(22)13-27(21)44-28(39)16-23(33(2,3)4)31(40)38-17-20(15-26(38)32(41)42-5)43-30-29(34)36-24-11-10-19(35)14-25(24)37-30/h6,10-11,14,18,20-23,26-27H,1,7-9,12-13,15-17H2,2-5H3/t18-,20+,21+,22-,23+,26-,27+/m0/s1. The SMILES string of the molecule is C=CCCC[C@@H]1[C@H]2C[C@H]2C[C@H]1OC(=O)C[C@H](C(=O)N1C[C@H](Oc2nc3cc(F)ccc3nc2Cl)C[C@H]1C(=O)OC)C(C)(C)C. The van der Waals surface area contributed by atoms with Crippen LogP contribution >= 0.6 is 11.6 Å². The number of rotatable bonds is 11. The summed E-state index contributed by atoms with van der Waals surface area (Å²) in [5.74, 6) is -0.994. The number of ether oxygens (including phenoxy) is 3. The van der Waals surface area contributed by atoms with E-state index < -0.39 is 41.2 Å². The number of carbonyl (C=O) groups is 3. The minimum Gasteiger partial charge on any atom is -0.470 e. The second kappa shape index (κ2) is 13.0. The third kappa shape index (κ3) is 7.00. The number of aromatic nitrogens is 2. The van der Waals surface area contributed by atoms with Crippen LogP contribution in [-0.4, -0.2) is 64.6 Å². The zero-order chi connectivity index (χ0) is 31.8. The Kier molecular flexibility index (Phi) is 9.49. The zero-order valence-corrected chi connectivity index (χ0v) is 26.5. The number of benzene rings is 1. The van der Waals surface area contributed by atoms with Crippen LogP contribution in [-0.2, 0) is 23.9 Å². The Hall–Kier alpha value is -3.27. The van der Waals surface area contributed by atoms with Crippen LogP contribution in [0.3, 0.4) is 0 Å². The number of amides is 1. The molecule has 7 atom stereocenters. The number of carbonyl (C=O) groups excluding carboxylic acids is 3. The number of unbranched alkanes of at least 4 members (excludes halogenated alkanes) is 1. The molecule has 2 saturated carbocycles. The zero-order valence-electron chi connectivity index (χ0n) is 25.8. The molecule has 0 N–H and O–H groups in total. The van der Waals surface area contributed by atoms with Gasteiger partial charge < -0.3 is 19.1 Å². The van der Waals surface area contributed by atoms with Gasteiger partial charge in [-0.1, -0.05) is 38.4 Å². The highest BCUT2D eigenvalue weighted by molar-refractivity contribution is 6.31. The fourth-order valence-corrected chi connectivity index (χ4v) is 7.08. The highest BCUT2D eigenvalue weighted by Crippen LogP contribution is 2.57. The summed E-state index contributed by atoms with van der Waals surface area (Å²) in [6.07, 6.45) is 6.19. The predicted molar refractivity (Wildman–Crippen MR) is 162 cm³/mol. The molecule has 1 aromatic heterocycles. The molecule has 11 heteroatoms. The Morgan fingerprint density at radius 1 is 1.18 bits per heavy atom. The first-order chi connectivity index (χ1) is 20.9. The molecular formula is C33H41ClFN3O6. The number of nitrogens with zero attached hydrogens (tertiary/aromatic N) is 3. The molecule has 2 aromatic rings. The van der Waals surface area contributed by atoms with E-state index in [1.54, 1.807) is 0 Å². The van der Waals surface area contributed by atoms with Gasteiger partial charge in [-0.25, -0.2) is 19.2 Å². The van der Waals surface area contributed by atoms with Crippen molar-refractivity contribution in [2.24, 2.45) is 29.1 Å². The minimum absolute atomic E-state index is 0.0221. The van der Waals surface area contributed by atoms with Crippen LogP contribution in [0, 0.1) is 34.9 Å². The maximum Gasteiger partial charge on any atom is 0.328 e. The van der Waals surface area contributed by atoms with Gasteiger partial charge in [0.25, 0.3) is 5.88 Å². The third-order valence-electron chi connectivity index (χ3n) is 9.33. The largest absolute Gasteiger partial charge is 0.470 e. The van der Waals surface area contributed by atoms with E-state index >= 15 is 0 Å². The van der Waals surface area contributed by atoms with Gasteiger partial charge in [0.05, 0.1) is 37.0 Å². The molecular weight excluding hydrogens is 589 g/mol. The lowest BCUT2D eigenvalue weighted by molar-refractivity contribution is -0.160. The first kappa shape index (κ1) is 32.1. The average molecular weight is 630 g/mol. The molecule has 0 bridgehead atoms. The topological polar surface area (TPSA) is 108 Å². The van der Waals surface area contributed by atoms with Gasteiger partial charge in [0.2, 0.25) is 5.91 Å². The Labute approximate surface area is 262 Å². The Balaban J connectivity index is 1.29. The smallest absolute Gasteiger partial charge is 0.328 e. The van der Waals surface area contributed by atoms with Crippen molar-refractivity contribution >= 4 is 40.5 Å². The number of esters is 2. The van der Waals surface area contributed by atoms with Crippen LogP contribution < -0.4 is 4.74 Å². The molecule has 1 aromatic carbocycles.